The Morgan fingerprint density at radius 3 is 2.33 bits per heavy atom. The van der Waals surface area contributed by atoms with Gasteiger partial charge in [-0.1, -0.05) is 18.2 Å². The first-order valence-electron chi connectivity index (χ1n) is 5.05. The minimum Gasteiger partial charge on any atom is -0.255 e. The highest BCUT2D eigenvalue weighted by atomic mass is 19.4. The Morgan fingerprint density at radius 2 is 1.78 bits per heavy atom. The molecule has 0 saturated carbocycles. The van der Waals surface area contributed by atoms with Gasteiger partial charge in [0.15, 0.2) is 0 Å². The van der Waals surface area contributed by atoms with Crippen LogP contribution in [0, 0.1) is 11.3 Å². The Morgan fingerprint density at radius 1 is 1.06 bits per heavy atom. The fourth-order valence-corrected chi connectivity index (χ4v) is 1.57. The van der Waals surface area contributed by atoms with Gasteiger partial charge in [0.05, 0.1) is 16.8 Å². The molecule has 0 fully saturated rings. The maximum absolute atomic E-state index is 12.8. The van der Waals surface area contributed by atoms with Crippen molar-refractivity contribution in [3.63, 3.8) is 0 Å². The number of nitriles is 1. The van der Waals surface area contributed by atoms with Crippen molar-refractivity contribution in [1.82, 2.24) is 4.98 Å². The third-order valence-electron chi connectivity index (χ3n) is 2.40. The molecular formula is C13H7F3N2. The number of rotatable bonds is 1. The molecule has 0 saturated heterocycles. The van der Waals surface area contributed by atoms with Gasteiger partial charge in [0.2, 0.25) is 0 Å². The zero-order valence-corrected chi connectivity index (χ0v) is 9.07. The Hall–Kier alpha value is -2.35. The van der Waals surface area contributed by atoms with E-state index >= 15 is 0 Å². The summed E-state index contributed by atoms with van der Waals surface area (Å²) in [5.74, 6) is 0. The fourth-order valence-electron chi connectivity index (χ4n) is 1.57. The Balaban J connectivity index is 2.54. The van der Waals surface area contributed by atoms with Gasteiger partial charge in [-0.25, -0.2) is 0 Å². The largest absolute Gasteiger partial charge is 0.417 e. The number of hydrogen-bond acceptors (Lipinski definition) is 2. The number of aromatic nitrogens is 1. The van der Waals surface area contributed by atoms with E-state index in [1.54, 1.807) is 0 Å². The van der Waals surface area contributed by atoms with Crippen molar-refractivity contribution in [2.75, 3.05) is 0 Å². The van der Waals surface area contributed by atoms with Crippen molar-refractivity contribution in [3.8, 4) is 17.3 Å². The predicted octanol–water partition coefficient (Wildman–Crippen LogP) is 3.64. The van der Waals surface area contributed by atoms with Crippen LogP contribution in [0.4, 0.5) is 13.2 Å². The highest BCUT2D eigenvalue weighted by Gasteiger charge is 2.33. The molecule has 0 bridgehead atoms. The van der Waals surface area contributed by atoms with Gasteiger partial charge in [-0.2, -0.15) is 18.4 Å². The number of alkyl halides is 3. The SMILES string of the molecule is N#Cc1ccc(-c2ccccc2C(F)(F)F)nc1. The third kappa shape index (κ3) is 2.33. The van der Waals surface area contributed by atoms with Crippen LogP contribution >= 0.6 is 0 Å². The van der Waals surface area contributed by atoms with Crippen molar-refractivity contribution in [3.05, 3.63) is 53.7 Å². The van der Waals surface area contributed by atoms with E-state index < -0.39 is 11.7 Å². The molecule has 5 heteroatoms. The van der Waals surface area contributed by atoms with Gasteiger partial charge in [0.25, 0.3) is 0 Å². The number of hydrogen-bond donors (Lipinski definition) is 0. The Bertz CT molecular complexity index is 595. The molecule has 90 valence electrons. The van der Waals surface area contributed by atoms with Crippen LogP contribution in [-0.2, 0) is 6.18 Å². The monoisotopic (exact) mass is 248 g/mol. The molecule has 0 unspecified atom stereocenters. The Kier molecular flexibility index (Phi) is 3.02. The molecule has 0 aliphatic rings. The van der Waals surface area contributed by atoms with E-state index in [0.29, 0.717) is 5.56 Å². The van der Waals surface area contributed by atoms with E-state index in [-0.39, 0.29) is 11.3 Å². The van der Waals surface area contributed by atoms with Gasteiger partial charge in [-0.15, -0.1) is 0 Å². The first-order valence-corrected chi connectivity index (χ1v) is 5.05. The van der Waals surface area contributed by atoms with Crippen LogP contribution in [0.5, 0.6) is 0 Å². The van der Waals surface area contributed by atoms with Crippen LogP contribution in [0.2, 0.25) is 0 Å². The van der Waals surface area contributed by atoms with Gasteiger partial charge in [0.1, 0.15) is 6.07 Å². The van der Waals surface area contributed by atoms with E-state index in [0.717, 1.165) is 6.07 Å². The molecule has 1 heterocycles. The first-order chi connectivity index (χ1) is 8.52. The first kappa shape index (κ1) is 12.1. The average molecular weight is 248 g/mol. The van der Waals surface area contributed by atoms with Crippen LogP contribution in [0.1, 0.15) is 11.1 Å². The van der Waals surface area contributed by atoms with Gasteiger partial charge in [-0.3, -0.25) is 4.98 Å². The second-order valence-electron chi connectivity index (χ2n) is 3.59. The molecule has 1 aromatic heterocycles. The normalized spacial score (nSPS) is 11.0. The topological polar surface area (TPSA) is 36.7 Å². The van der Waals surface area contributed by atoms with Crippen LogP contribution in [0.25, 0.3) is 11.3 Å². The zero-order chi connectivity index (χ0) is 13.2. The van der Waals surface area contributed by atoms with Crippen LogP contribution in [0.15, 0.2) is 42.6 Å². The highest BCUT2D eigenvalue weighted by Crippen LogP contribution is 2.36. The second kappa shape index (κ2) is 4.49. The van der Waals surface area contributed by atoms with Gasteiger partial charge < -0.3 is 0 Å². The van der Waals surface area contributed by atoms with E-state index in [1.807, 2.05) is 6.07 Å². The lowest BCUT2D eigenvalue weighted by molar-refractivity contribution is -0.137. The lowest BCUT2D eigenvalue weighted by Gasteiger charge is -2.11. The van der Waals surface area contributed by atoms with Crippen molar-refractivity contribution in [2.45, 2.75) is 6.18 Å². The summed E-state index contributed by atoms with van der Waals surface area (Å²) in [6, 6.07) is 9.93. The molecule has 0 spiro atoms. The Labute approximate surface area is 101 Å². The summed E-state index contributed by atoms with van der Waals surface area (Å²) in [5.41, 5.74) is -0.220. The van der Waals surface area contributed by atoms with E-state index in [9.17, 15) is 13.2 Å². The van der Waals surface area contributed by atoms with Crippen molar-refractivity contribution in [2.24, 2.45) is 0 Å². The van der Waals surface area contributed by atoms with E-state index in [1.165, 1.54) is 36.5 Å². The van der Waals surface area contributed by atoms with Crippen molar-refractivity contribution >= 4 is 0 Å². The number of halogens is 3. The minimum absolute atomic E-state index is 0.00879. The van der Waals surface area contributed by atoms with Crippen LogP contribution in [0.3, 0.4) is 0 Å². The lowest BCUT2D eigenvalue weighted by Crippen LogP contribution is -2.07. The lowest BCUT2D eigenvalue weighted by atomic mass is 10.0. The summed E-state index contributed by atoms with van der Waals surface area (Å²) in [6.07, 6.45) is -3.17. The molecule has 0 aliphatic heterocycles. The molecule has 1 aromatic carbocycles. The van der Waals surface area contributed by atoms with E-state index in [4.69, 9.17) is 5.26 Å². The van der Waals surface area contributed by atoms with Crippen LogP contribution in [-0.4, -0.2) is 4.98 Å². The number of benzene rings is 1. The highest BCUT2D eigenvalue weighted by molar-refractivity contribution is 5.64. The fraction of sp³-hybridized carbons (Fsp3) is 0.0769. The molecule has 0 atom stereocenters. The molecule has 2 nitrogen and oxygen atoms in total. The number of nitrogens with zero attached hydrogens (tertiary/aromatic N) is 2. The summed E-state index contributed by atoms with van der Waals surface area (Å²) < 4.78 is 38.4. The maximum atomic E-state index is 12.8. The van der Waals surface area contributed by atoms with Gasteiger partial charge in [0, 0.05) is 11.8 Å². The second-order valence-corrected chi connectivity index (χ2v) is 3.59. The molecule has 0 amide bonds. The molecule has 0 N–H and O–H groups in total. The van der Waals surface area contributed by atoms with E-state index in [2.05, 4.69) is 4.98 Å². The van der Waals surface area contributed by atoms with Crippen molar-refractivity contribution in [1.29, 1.82) is 5.26 Å². The van der Waals surface area contributed by atoms with Crippen LogP contribution < -0.4 is 0 Å². The molecule has 0 radical (unpaired) electrons. The molecule has 2 rings (SSSR count). The smallest absolute Gasteiger partial charge is 0.255 e. The van der Waals surface area contributed by atoms with Gasteiger partial charge in [-0.05, 0) is 18.2 Å². The predicted molar refractivity (Wildman–Crippen MR) is 59.4 cm³/mol. The maximum Gasteiger partial charge on any atom is 0.417 e. The zero-order valence-electron chi connectivity index (χ0n) is 9.07. The quantitative estimate of drug-likeness (QED) is 0.772. The molecular weight excluding hydrogens is 241 g/mol. The summed E-state index contributed by atoms with van der Waals surface area (Å²) in [7, 11) is 0. The van der Waals surface area contributed by atoms with Gasteiger partial charge >= 0.3 is 6.18 Å². The third-order valence-corrected chi connectivity index (χ3v) is 2.40. The summed E-state index contributed by atoms with van der Waals surface area (Å²) in [4.78, 5) is 3.87. The molecule has 2 aromatic rings. The summed E-state index contributed by atoms with van der Waals surface area (Å²) in [5, 5.41) is 8.61. The average Bonchev–Trinajstić information content (AvgIpc) is 2.38. The summed E-state index contributed by atoms with van der Waals surface area (Å²) in [6.45, 7) is 0. The van der Waals surface area contributed by atoms with Crippen molar-refractivity contribution < 1.29 is 13.2 Å². The summed E-state index contributed by atoms with van der Waals surface area (Å²) >= 11 is 0. The minimum atomic E-state index is -4.42. The molecule has 0 aliphatic carbocycles. The standard InChI is InChI=1S/C13H7F3N2/c14-13(15,16)11-4-2-1-3-10(11)12-6-5-9(7-17)8-18-12/h1-6,8H. The molecule has 18 heavy (non-hydrogen) atoms. The number of pyridine rings is 1.